The van der Waals surface area contributed by atoms with Gasteiger partial charge in [-0.3, -0.25) is 14.7 Å². The van der Waals surface area contributed by atoms with Gasteiger partial charge >= 0.3 is 0 Å². The molecule has 3 aromatic rings. The molecule has 1 aromatic carbocycles. The number of rotatable bonds is 5. The van der Waals surface area contributed by atoms with Gasteiger partial charge in [0.05, 0.1) is 19.2 Å². The second kappa shape index (κ2) is 7.44. The molecule has 0 saturated carbocycles. The van der Waals surface area contributed by atoms with Crippen LogP contribution in [0.25, 0.3) is 11.4 Å². The summed E-state index contributed by atoms with van der Waals surface area (Å²) < 4.78 is 10.9. The minimum absolute atomic E-state index is 0.0286. The van der Waals surface area contributed by atoms with Crippen LogP contribution in [0.5, 0.6) is 5.75 Å². The summed E-state index contributed by atoms with van der Waals surface area (Å²) in [6.45, 7) is 5.96. The summed E-state index contributed by atoms with van der Waals surface area (Å²) in [6, 6.07) is 7.38. The molecule has 156 valence electrons. The van der Waals surface area contributed by atoms with Crippen molar-refractivity contribution < 1.29 is 18.7 Å². The average Bonchev–Trinajstić information content (AvgIpc) is 3.30. The van der Waals surface area contributed by atoms with Crippen LogP contribution in [0.3, 0.4) is 0 Å². The normalized spacial score (nSPS) is 15.0. The van der Waals surface area contributed by atoms with E-state index in [1.807, 2.05) is 38.1 Å². The summed E-state index contributed by atoms with van der Waals surface area (Å²) in [6.07, 6.45) is 1.09. The smallest absolute Gasteiger partial charge is 0.287 e. The number of methoxy groups -OCH3 is 1. The van der Waals surface area contributed by atoms with E-state index in [0.717, 1.165) is 11.3 Å². The zero-order valence-electron chi connectivity index (χ0n) is 17.5. The Morgan fingerprint density at radius 1 is 1.27 bits per heavy atom. The van der Waals surface area contributed by atoms with Crippen LogP contribution in [0.2, 0.25) is 0 Å². The van der Waals surface area contributed by atoms with E-state index in [1.54, 1.807) is 14.0 Å². The summed E-state index contributed by atoms with van der Waals surface area (Å²) in [5.74, 6) is 2.22. The maximum atomic E-state index is 12.7. The highest BCUT2D eigenvalue weighted by molar-refractivity contribution is 6.03. The predicted molar refractivity (Wildman–Crippen MR) is 109 cm³/mol. The van der Waals surface area contributed by atoms with Crippen molar-refractivity contribution in [3.05, 3.63) is 52.7 Å². The van der Waals surface area contributed by atoms with E-state index in [1.165, 1.54) is 0 Å². The van der Waals surface area contributed by atoms with Gasteiger partial charge in [0, 0.05) is 24.0 Å². The van der Waals surface area contributed by atoms with Crippen molar-refractivity contribution in [1.82, 2.24) is 20.5 Å². The number of aromatic nitrogens is 3. The number of furan rings is 1. The highest BCUT2D eigenvalue weighted by Gasteiger charge is 2.37. The number of Topliss-reactive ketones (excluding diaryl/α,β-unsaturated/α-hetero) is 1. The number of hydrogen-bond acceptors (Lipinski definition) is 6. The second-order valence-electron chi connectivity index (χ2n) is 8.31. The van der Waals surface area contributed by atoms with E-state index in [4.69, 9.17) is 9.15 Å². The standard InChI is InChI=1S/C22H24N4O4/c1-12-18-15(27)9-22(2,3)10-16(18)30-19(12)21(28)23-11-17-24-20(26-25-17)13-5-7-14(29-4)8-6-13/h5-8H,9-11H2,1-4H3,(H,23,28)(H,24,25,26). The van der Waals surface area contributed by atoms with Crippen LogP contribution in [0, 0.1) is 12.3 Å². The summed E-state index contributed by atoms with van der Waals surface area (Å²) in [7, 11) is 1.61. The fraction of sp³-hybridized carbons (Fsp3) is 0.364. The number of carbonyl (C=O) groups excluding carboxylic acids is 2. The van der Waals surface area contributed by atoms with E-state index in [0.29, 0.717) is 41.4 Å². The summed E-state index contributed by atoms with van der Waals surface area (Å²) >= 11 is 0. The van der Waals surface area contributed by atoms with Crippen LogP contribution in [0.15, 0.2) is 28.7 Å². The minimum Gasteiger partial charge on any atom is -0.497 e. The van der Waals surface area contributed by atoms with Gasteiger partial charge in [0.25, 0.3) is 5.91 Å². The number of ether oxygens (including phenoxy) is 1. The first-order chi connectivity index (χ1) is 14.3. The molecule has 1 amide bonds. The predicted octanol–water partition coefficient (Wildman–Crippen LogP) is 3.47. The molecule has 1 aliphatic carbocycles. The summed E-state index contributed by atoms with van der Waals surface area (Å²) in [5, 5.41) is 9.81. The second-order valence-corrected chi connectivity index (χ2v) is 8.31. The lowest BCUT2D eigenvalue weighted by Gasteiger charge is -2.27. The van der Waals surface area contributed by atoms with E-state index in [-0.39, 0.29) is 29.4 Å². The highest BCUT2D eigenvalue weighted by Crippen LogP contribution is 2.38. The Labute approximate surface area is 174 Å². The average molecular weight is 408 g/mol. The molecule has 0 radical (unpaired) electrons. The monoisotopic (exact) mass is 408 g/mol. The van der Waals surface area contributed by atoms with Gasteiger partial charge in [-0.2, -0.15) is 5.10 Å². The number of carbonyl (C=O) groups is 2. The third kappa shape index (κ3) is 3.72. The van der Waals surface area contributed by atoms with Crippen LogP contribution in [-0.4, -0.2) is 34.0 Å². The van der Waals surface area contributed by atoms with Crippen LogP contribution in [0.1, 0.15) is 58.3 Å². The summed E-state index contributed by atoms with van der Waals surface area (Å²) in [4.78, 5) is 29.6. The van der Waals surface area contributed by atoms with Gasteiger partial charge in [0.2, 0.25) is 0 Å². The van der Waals surface area contributed by atoms with Gasteiger partial charge < -0.3 is 14.5 Å². The molecule has 0 fully saturated rings. The van der Waals surface area contributed by atoms with Crippen molar-refractivity contribution in [1.29, 1.82) is 0 Å². The first-order valence-electron chi connectivity index (χ1n) is 9.77. The third-order valence-corrected chi connectivity index (χ3v) is 5.28. The van der Waals surface area contributed by atoms with Crippen molar-refractivity contribution in [2.24, 2.45) is 5.41 Å². The molecule has 2 heterocycles. The molecule has 0 bridgehead atoms. The van der Waals surface area contributed by atoms with Crippen LogP contribution >= 0.6 is 0 Å². The molecule has 0 saturated heterocycles. The van der Waals surface area contributed by atoms with Crippen molar-refractivity contribution in [2.75, 3.05) is 7.11 Å². The largest absolute Gasteiger partial charge is 0.497 e. The number of hydrogen-bond donors (Lipinski definition) is 2. The number of ketones is 1. The number of benzene rings is 1. The van der Waals surface area contributed by atoms with Crippen molar-refractivity contribution >= 4 is 11.7 Å². The highest BCUT2D eigenvalue weighted by atomic mass is 16.5. The fourth-order valence-electron chi connectivity index (χ4n) is 3.79. The van der Waals surface area contributed by atoms with Gasteiger partial charge in [-0.25, -0.2) is 4.98 Å². The van der Waals surface area contributed by atoms with Crippen molar-refractivity contribution in [3.8, 4) is 17.1 Å². The third-order valence-electron chi connectivity index (χ3n) is 5.28. The molecule has 0 spiro atoms. The molecular weight excluding hydrogens is 384 g/mol. The number of nitrogens with zero attached hydrogens (tertiary/aromatic N) is 2. The van der Waals surface area contributed by atoms with Gasteiger partial charge in [-0.05, 0) is 36.6 Å². The van der Waals surface area contributed by atoms with E-state index in [9.17, 15) is 9.59 Å². The molecule has 1 aliphatic rings. The van der Waals surface area contributed by atoms with Gasteiger partial charge in [-0.1, -0.05) is 13.8 Å². The molecule has 4 rings (SSSR count). The first kappa shape index (κ1) is 19.9. The Morgan fingerprint density at radius 2 is 2.00 bits per heavy atom. The molecule has 8 heteroatoms. The molecular formula is C22H24N4O4. The Kier molecular flexibility index (Phi) is 4.93. The quantitative estimate of drug-likeness (QED) is 0.669. The van der Waals surface area contributed by atoms with E-state index in [2.05, 4.69) is 20.5 Å². The number of fused-ring (bicyclic) bond motifs is 1. The first-order valence-corrected chi connectivity index (χ1v) is 9.77. The maximum Gasteiger partial charge on any atom is 0.287 e. The van der Waals surface area contributed by atoms with Crippen molar-refractivity contribution in [3.63, 3.8) is 0 Å². The van der Waals surface area contributed by atoms with Gasteiger partial charge in [-0.15, -0.1) is 0 Å². The Morgan fingerprint density at radius 3 is 2.70 bits per heavy atom. The zero-order chi connectivity index (χ0) is 21.5. The Bertz CT molecular complexity index is 1110. The lowest BCUT2D eigenvalue weighted by atomic mass is 9.76. The molecule has 0 atom stereocenters. The molecule has 0 aliphatic heterocycles. The maximum absolute atomic E-state index is 12.7. The molecule has 2 N–H and O–H groups in total. The van der Waals surface area contributed by atoms with Crippen LogP contribution < -0.4 is 10.1 Å². The van der Waals surface area contributed by atoms with Gasteiger partial charge in [0.15, 0.2) is 17.4 Å². The number of nitrogens with one attached hydrogen (secondary N) is 2. The number of H-pyrrole nitrogens is 1. The van der Waals surface area contributed by atoms with Gasteiger partial charge in [0.1, 0.15) is 17.3 Å². The molecule has 0 unspecified atom stereocenters. The van der Waals surface area contributed by atoms with Crippen molar-refractivity contribution in [2.45, 2.75) is 40.2 Å². The molecule has 8 nitrogen and oxygen atoms in total. The lowest BCUT2D eigenvalue weighted by Crippen LogP contribution is -2.26. The SMILES string of the molecule is COc1ccc(-c2n[nH]c(CNC(=O)c3oc4c(c3C)C(=O)CC(C)(C)C4)n2)cc1. The lowest BCUT2D eigenvalue weighted by molar-refractivity contribution is 0.0888. The number of aromatic amines is 1. The molecule has 2 aromatic heterocycles. The topological polar surface area (TPSA) is 110 Å². The van der Waals surface area contributed by atoms with Crippen LogP contribution in [-0.2, 0) is 13.0 Å². The molecule has 30 heavy (non-hydrogen) atoms. The number of amides is 1. The fourth-order valence-corrected chi connectivity index (χ4v) is 3.79. The van der Waals surface area contributed by atoms with E-state index < -0.39 is 0 Å². The zero-order valence-corrected chi connectivity index (χ0v) is 17.5. The Balaban J connectivity index is 1.46. The Hall–Kier alpha value is -3.42. The minimum atomic E-state index is -0.380. The van der Waals surface area contributed by atoms with Crippen LogP contribution in [0.4, 0.5) is 0 Å². The summed E-state index contributed by atoms with van der Waals surface area (Å²) in [5.41, 5.74) is 1.82. The van der Waals surface area contributed by atoms with E-state index >= 15 is 0 Å².